The first kappa shape index (κ1) is 19.3. The summed E-state index contributed by atoms with van der Waals surface area (Å²) in [6.45, 7) is 1.66. The maximum atomic E-state index is 12.7. The fourth-order valence-electron chi connectivity index (χ4n) is 2.86. The van der Waals surface area contributed by atoms with E-state index >= 15 is 0 Å². The molecule has 0 atom stereocenters. The number of carbonyl (C=O) groups is 1. The Bertz CT molecular complexity index is 1240. The van der Waals surface area contributed by atoms with E-state index in [2.05, 4.69) is 5.32 Å². The number of nitro benzene ring substituents is 1. The van der Waals surface area contributed by atoms with Gasteiger partial charge in [-0.15, -0.1) is 0 Å². The van der Waals surface area contributed by atoms with Crippen LogP contribution in [0.5, 0.6) is 5.75 Å². The molecule has 0 aliphatic heterocycles. The first-order valence-corrected chi connectivity index (χ1v) is 9.31. The summed E-state index contributed by atoms with van der Waals surface area (Å²) in [7, 11) is -4.72. The summed E-state index contributed by atoms with van der Waals surface area (Å²) >= 11 is 0. The number of anilines is 1. The fourth-order valence-corrected chi connectivity index (χ4v) is 3.62. The maximum absolute atomic E-state index is 12.7. The van der Waals surface area contributed by atoms with Crippen LogP contribution in [0.3, 0.4) is 0 Å². The number of aromatic hydroxyl groups is 1. The van der Waals surface area contributed by atoms with Crippen molar-refractivity contribution in [2.24, 2.45) is 0 Å². The number of nitrogens with zero attached hydrogens (tertiary/aromatic N) is 1. The minimum absolute atomic E-state index is 0.00549. The molecule has 0 heterocycles. The Balaban J connectivity index is 2.18. The number of amides is 1. The van der Waals surface area contributed by atoms with Gasteiger partial charge in [-0.2, -0.15) is 8.42 Å². The zero-order valence-corrected chi connectivity index (χ0v) is 15.2. The molecule has 0 radical (unpaired) electrons. The lowest BCUT2D eigenvalue weighted by Gasteiger charge is -2.12. The van der Waals surface area contributed by atoms with Crippen molar-refractivity contribution >= 4 is 38.2 Å². The Morgan fingerprint density at radius 3 is 2.50 bits per heavy atom. The summed E-state index contributed by atoms with van der Waals surface area (Å²) in [6, 6.07) is 10.5. The molecule has 1 amide bonds. The highest BCUT2D eigenvalue weighted by atomic mass is 32.2. The van der Waals surface area contributed by atoms with Gasteiger partial charge < -0.3 is 10.4 Å². The van der Waals surface area contributed by atoms with Crippen LogP contribution in [-0.2, 0) is 10.1 Å². The molecule has 0 aliphatic rings. The van der Waals surface area contributed by atoms with Crippen molar-refractivity contribution in [1.82, 2.24) is 0 Å². The number of benzene rings is 3. The zero-order chi connectivity index (χ0) is 20.6. The smallest absolute Gasteiger partial charge is 0.295 e. The van der Waals surface area contributed by atoms with Gasteiger partial charge in [-0.25, -0.2) is 0 Å². The molecule has 0 unspecified atom stereocenters. The van der Waals surface area contributed by atoms with Crippen molar-refractivity contribution in [3.8, 4) is 5.75 Å². The van der Waals surface area contributed by atoms with Crippen LogP contribution >= 0.6 is 0 Å². The average molecular weight is 402 g/mol. The maximum Gasteiger partial charge on any atom is 0.295 e. The lowest BCUT2D eigenvalue weighted by Crippen LogP contribution is -2.15. The molecule has 0 saturated carbocycles. The summed E-state index contributed by atoms with van der Waals surface area (Å²) < 4.78 is 33.0. The van der Waals surface area contributed by atoms with Crippen molar-refractivity contribution < 1.29 is 27.8 Å². The summed E-state index contributed by atoms with van der Waals surface area (Å²) in [5.74, 6) is -1.21. The first-order chi connectivity index (χ1) is 13.1. The molecule has 3 rings (SSSR count). The van der Waals surface area contributed by atoms with E-state index in [1.807, 2.05) is 0 Å². The summed E-state index contributed by atoms with van der Waals surface area (Å²) in [4.78, 5) is 22.6. The average Bonchev–Trinajstić information content (AvgIpc) is 2.59. The van der Waals surface area contributed by atoms with Crippen LogP contribution in [0.4, 0.5) is 11.4 Å². The number of fused-ring (bicyclic) bond motifs is 1. The fraction of sp³-hybridized carbons (Fsp3) is 0.0556. The largest absolute Gasteiger partial charge is 0.508 e. The summed E-state index contributed by atoms with van der Waals surface area (Å²) in [5, 5.41) is 23.6. The molecule has 10 heteroatoms. The van der Waals surface area contributed by atoms with Crippen LogP contribution in [0, 0.1) is 17.0 Å². The number of phenols is 1. The normalized spacial score (nSPS) is 11.4. The van der Waals surface area contributed by atoms with Gasteiger partial charge in [0.25, 0.3) is 21.7 Å². The van der Waals surface area contributed by atoms with Crippen molar-refractivity contribution in [3.05, 3.63) is 69.8 Å². The third-order valence-corrected chi connectivity index (χ3v) is 4.92. The molecule has 3 aromatic carbocycles. The van der Waals surface area contributed by atoms with E-state index < -0.39 is 37.3 Å². The topological polar surface area (TPSA) is 147 Å². The predicted octanol–water partition coefficient (Wildman–Crippen LogP) is 3.26. The van der Waals surface area contributed by atoms with Gasteiger partial charge in [-0.05, 0) is 36.1 Å². The Kier molecular flexibility index (Phi) is 4.75. The first-order valence-electron chi connectivity index (χ1n) is 7.87. The number of nitro groups is 1. The summed E-state index contributed by atoms with van der Waals surface area (Å²) in [6.07, 6.45) is 0. The van der Waals surface area contributed by atoms with Crippen LogP contribution in [-0.4, -0.2) is 28.9 Å². The van der Waals surface area contributed by atoms with E-state index in [1.165, 1.54) is 42.5 Å². The Labute approximate surface area is 159 Å². The zero-order valence-electron chi connectivity index (χ0n) is 14.4. The standard InChI is InChI=1S/C18H14N2O7S/c1-10-5-6-15(20(23)24)13(7-10)18(22)19-14-4-2-3-11-8-12(21)9-16(17(11)14)28(25,26)27/h2-9,21H,1H3,(H,19,22)(H,25,26,27). The van der Waals surface area contributed by atoms with Gasteiger partial charge in [0.2, 0.25) is 0 Å². The predicted molar refractivity (Wildman–Crippen MR) is 101 cm³/mol. The number of aryl methyl sites for hydroxylation is 1. The minimum Gasteiger partial charge on any atom is -0.508 e. The number of nitrogens with one attached hydrogen (secondary N) is 1. The van der Waals surface area contributed by atoms with Gasteiger partial charge in [-0.1, -0.05) is 18.2 Å². The van der Waals surface area contributed by atoms with E-state index in [9.17, 15) is 33.0 Å². The quantitative estimate of drug-likeness (QED) is 0.345. The molecule has 0 bridgehead atoms. The highest BCUT2D eigenvalue weighted by Crippen LogP contribution is 2.34. The number of hydrogen-bond acceptors (Lipinski definition) is 6. The van der Waals surface area contributed by atoms with Crippen molar-refractivity contribution in [2.45, 2.75) is 11.8 Å². The van der Waals surface area contributed by atoms with Crippen LogP contribution in [0.15, 0.2) is 53.4 Å². The van der Waals surface area contributed by atoms with Crippen LogP contribution in [0.2, 0.25) is 0 Å². The van der Waals surface area contributed by atoms with E-state index in [0.29, 0.717) is 5.56 Å². The molecule has 3 N–H and O–H groups in total. The van der Waals surface area contributed by atoms with Gasteiger partial charge in [0, 0.05) is 17.5 Å². The third-order valence-electron chi connectivity index (χ3n) is 4.04. The van der Waals surface area contributed by atoms with Gasteiger partial charge in [0.1, 0.15) is 16.2 Å². The monoisotopic (exact) mass is 402 g/mol. The Morgan fingerprint density at radius 1 is 1.14 bits per heavy atom. The van der Waals surface area contributed by atoms with Crippen molar-refractivity contribution in [2.75, 3.05) is 5.32 Å². The van der Waals surface area contributed by atoms with Crippen molar-refractivity contribution in [3.63, 3.8) is 0 Å². The van der Waals surface area contributed by atoms with E-state index in [0.717, 1.165) is 6.07 Å². The van der Waals surface area contributed by atoms with Gasteiger partial charge in [0.05, 0.1) is 10.6 Å². The second-order valence-electron chi connectivity index (χ2n) is 6.05. The lowest BCUT2D eigenvalue weighted by molar-refractivity contribution is -0.385. The highest BCUT2D eigenvalue weighted by molar-refractivity contribution is 7.86. The van der Waals surface area contributed by atoms with Crippen LogP contribution in [0.25, 0.3) is 10.8 Å². The van der Waals surface area contributed by atoms with E-state index in [1.54, 1.807) is 6.92 Å². The van der Waals surface area contributed by atoms with Crippen LogP contribution in [0.1, 0.15) is 15.9 Å². The molecule has 0 aromatic heterocycles. The van der Waals surface area contributed by atoms with Gasteiger partial charge >= 0.3 is 0 Å². The molecule has 9 nitrogen and oxygen atoms in total. The molecular weight excluding hydrogens is 388 g/mol. The van der Waals surface area contributed by atoms with Gasteiger partial charge in [-0.3, -0.25) is 19.5 Å². The molecule has 0 fully saturated rings. The molecule has 3 aromatic rings. The molecule has 28 heavy (non-hydrogen) atoms. The Hall–Kier alpha value is -3.50. The molecule has 0 aliphatic carbocycles. The SMILES string of the molecule is Cc1ccc([N+](=O)[O-])c(C(=O)Nc2cccc3cc(O)cc(S(=O)(=O)O)c23)c1. The number of phenolic OH excluding ortho intramolecular Hbond substituents is 1. The minimum atomic E-state index is -4.72. The molecule has 144 valence electrons. The van der Waals surface area contributed by atoms with Gasteiger partial charge in [0.15, 0.2) is 0 Å². The van der Waals surface area contributed by atoms with E-state index in [-0.39, 0.29) is 22.0 Å². The second kappa shape index (κ2) is 6.91. The number of rotatable bonds is 4. The lowest BCUT2D eigenvalue weighted by atomic mass is 10.1. The Morgan fingerprint density at radius 2 is 1.86 bits per heavy atom. The number of hydrogen-bond donors (Lipinski definition) is 3. The van der Waals surface area contributed by atoms with Crippen LogP contribution < -0.4 is 5.32 Å². The summed E-state index contributed by atoms with van der Waals surface area (Å²) in [5.41, 5.74) is 0.0216. The second-order valence-corrected chi connectivity index (χ2v) is 7.44. The third kappa shape index (κ3) is 3.63. The van der Waals surface area contributed by atoms with Crippen molar-refractivity contribution in [1.29, 1.82) is 0 Å². The molecule has 0 saturated heterocycles. The molecular formula is C18H14N2O7S. The van der Waals surface area contributed by atoms with E-state index in [4.69, 9.17) is 0 Å². The highest BCUT2D eigenvalue weighted by Gasteiger charge is 2.23. The molecule has 0 spiro atoms. The number of carbonyl (C=O) groups excluding carboxylic acids is 1.